The van der Waals surface area contributed by atoms with Gasteiger partial charge in [0.1, 0.15) is 0 Å². The maximum Gasteiger partial charge on any atom is 0.0362 e. The Morgan fingerprint density at radius 1 is 1.33 bits per heavy atom. The van der Waals surface area contributed by atoms with E-state index in [1.165, 1.54) is 16.7 Å². The molecule has 18 heavy (non-hydrogen) atoms. The zero-order chi connectivity index (χ0) is 13.0. The number of likely N-dealkylation sites (N-methyl/N-ethyl adjacent to an activating group) is 1. The van der Waals surface area contributed by atoms with Crippen LogP contribution < -0.4 is 5.32 Å². The van der Waals surface area contributed by atoms with Gasteiger partial charge in [-0.05, 0) is 55.3 Å². The zero-order valence-electron chi connectivity index (χ0n) is 10.7. The Morgan fingerprint density at radius 2 is 2.17 bits per heavy atom. The summed E-state index contributed by atoms with van der Waals surface area (Å²) in [6.07, 6.45) is 4.68. The third kappa shape index (κ3) is 3.18. The summed E-state index contributed by atoms with van der Waals surface area (Å²) in [4.78, 5) is 4.17. The number of nitrogens with one attached hydrogen (secondary N) is 1. The van der Waals surface area contributed by atoms with E-state index in [9.17, 15) is 0 Å². The lowest BCUT2D eigenvalue weighted by atomic mass is 9.96. The number of aromatic nitrogens is 1. The number of benzene rings is 1. The molecule has 0 aliphatic rings. The summed E-state index contributed by atoms with van der Waals surface area (Å²) in [6, 6.07) is 10.8. The molecule has 0 saturated heterocycles. The molecule has 0 spiro atoms. The van der Waals surface area contributed by atoms with Crippen LogP contribution in [0, 0.1) is 6.92 Å². The molecule has 3 heteroatoms. The SMILES string of the molecule is CNC(Cc1cccnc1)c1cc(Br)ccc1C. The molecule has 1 atom stereocenters. The normalized spacial score (nSPS) is 12.4. The van der Waals surface area contributed by atoms with Gasteiger partial charge in [-0.2, -0.15) is 0 Å². The summed E-state index contributed by atoms with van der Waals surface area (Å²) in [6.45, 7) is 2.15. The van der Waals surface area contributed by atoms with Crippen LogP contribution in [0.4, 0.5) is 0 Å². The Balaban J connectivity index is 2.26. The highest BCUT2D eigenvalue weighted by Crippen LogP contribution is 2.24. The minimum absolute atomic E-state index is 0.312. The van der Waals surface area contributed by atoms with E-state index in [0.29, 0.717) is 6.04 Å². The molecule has 2 rings (SSSR count). The first-order valence-electron chi connectivity index (χ1n) is 6.03. The van der Waals surface area contributed by atoms with Crippen molar-refractivity contribution in [3.05, 3.63) is 63.9 Å². The van der Waals surface area contributed by atoms with Crippen LogP contribution in [0.15, 0.2) is 47.2 Å². The van der Waals surface area contributed by atoms with Gasteiger partial charge in [0.2, 0.25) is 0 Å². The predicted molar refractivity (Wildman–Crippen MR) is 78.6 cm³/mol. The molecule has 0 amide bonds. The third-order valence-electron chi connectivity index (χ3n) is 3.13. The number of aryl methyl sites for hydroxylation is 1. The van der Waals surface area contributed by atoms with Gasteiger partial charge in [0.15, 0.2) is 0 Å². The second-order valence-corrected chi connectivity index (χ2v) is 5.32. The summed E-state index contributed by atoms with van der Waals surface area (Å²) < 4.78 is 1.12. The average molecular weight is 305 g/mol. The van der Waals surface area contributed by atoms with Crippen molar-refractivity contribution in [2.45, 2.75) is 19.4 Å². The van der Waals surface area contributed by atoms with Gasteiger partial charge < -0.3 is 5.32 Å². The number of rotatable bonds is 4. The number of hydrogen-bond acceptors (Lipinski definition) is 2. The lowest BCUT2D eigenvalue weighted by molar-refractivity contribution is 0.588. The molecule has 2 aromatic rings. The van der Waals surface area contributed by atoms with Gasteiger partial charge in [0.25, 0.3) is 0 Å². The van der Waals surface area contributed by atoms with Crippen molar-refractivity contribution in [1.82, 2.24) is 10.3 Å². The zero-order valence-corrected chi connectivity index (χ0v) is 12.2. The van der Waals surface area contributed by atoms with Crippen LogP contribution in [-0.2, 0) is 6.42 Å². The van der Waals surface area contributed by atoms with E-state index >= 15 is 0 Å². The molecule has 1 heterocycles. The van der Waals surface area contributed by atoms with Crippen LogP contribution in [0.1, 0.15) is 22.7 Å². The van der Waals surface area contributed by atoms with Crippen molar-refractivity contribution >= 4 is 15.9 Å². The first kappa shape index (κ1) is 13.2. The molecule has 0 aliphatic carbocycles. The molecule has 1 aromatic heterocycles. The Kier molecular flexibility index (Phi) is 4.50. The highest BCUT2D eigenvalue weighted by atomic mass is 79.9. The first-order valence-corrected chi connectivity index (χ1v) is 6.82. The van der Waals surface area contributed by atoms with Crippen molar-refractivity contribution in [2.75, 3.05) is 7.05 Å². The van der Waals surface area contributed by atoms with Crippen molar-refractivity contribution in [1.29, 1.82) is 0 Å². The van der Waals surface area contributed by atoms with Crippen LogP contribution in [-0.4, -0.2) is 12.0 Å². The van der Waals surface area contributed by atoms with Gasteiger partial charge in [-0.1, -0.05) is 28.1 Å². The smallest absolute Gasteiger partial charge is 0.0362 e. The maximum absolute atomic E-state index is 4.17. The summed E-state index contributed by atoms with van der Waals surface area (Å²) in [5.74, 6) is 0. The monoisotopic (exact) mass is 304 g/mol. The first-order chi connectivity index (χ1) is 8.70. The molecule has 0 saturated carbocycles. The molecule has 0 bridgehead atoms. The van der Waals surface area contributed by atoms with E-state index in [1.54, 1.807) is 0 Å². The minimum Gasteiger partial charge on any atom is -0.313 e. The van der Waals surface area contributed by atoms with E-state index in [4.69, 9.17) is 0 Å². The summed E-state index contributed by atoms with van der Waals surface area (Å²) in [7, 11) is 2.00. The van der Waals surface area contributed by atoms with Gasteiger partial charge in [-0.15, -0.1) is 0 Å². The van der Waals surface area contributed by atoms with Crippen LogP contribution in [0.25, 0.3) is 0 Å². The lowest BCUT2D eigenvalue weighted by Gasteiger charge is -2.19. The summed E-state index contributed by atoms with van der Waals surface area (Å²) in [5.41, 5.74) is 3.88. The number of pyridine rings is 1. The Morgan fingerprint density at radius 3 is 2.83 bits per heavy atom. The molecule has 1 unspecified atom stereocenters. The molecule has 2 nitrogen and oxygen atoms in total. The van der Waals surface area contributed by atoms with Gasteiger partial charge in [-0.3, -0.25) is 4.98 Å². The Bertz CT molecular complexity index is 511. The molecule has 1 aromatic carbocycles. The number of hydrogen-bond donors (Lipinski definition) is 1. The van der Waals surface area contributed by atoms with Gasteiger partial charge in [0, 0.05) is 22.9 Å². The molecule has 94 valence electrons. The van der Waals surface area contributed by atoms with Crippen molar-refractivity contribution in [3.8, 4) is 0 Å². The van der Waals surface area contributed by atoms with Gasteiger partial charge in [-0.25, -0.2) is 0 Å². The molecule has 0 aliphatic heterocycles. The van der Waals surface area contributed by atoms with Crippen molar-refractivity contribution in [3.63, 3.8) is 0 Å². The highest BCUT2D eigenvalue weighted by molar-refractivity contribution is 9.10. The second-order valence-electron chi connectivity index (χ2n) is 4.41. The topological polar surface area (TPSA) is 24.9 Å². The van der Waals surface area contributed by atoms with E-state index in [0.717, 1.165) is 10.9 Å². The van der Waals surface area contributed by atoms with Crippen LogP contribution in [0.5, 0.6) is 0 Å². The molecular weight excluding hydrogens is 288 g/mol. The Hall–Kier alpha value is -1.19. The highest BCUT2D eigenvalue weighted by Gasteiger charge is 2.13. The number of halogens is 1. The minimum atomic E-state index is 0.312. The number of nitrogens with zero attached hydrogens (tertiary/aromatic N) is 1. The molecular formula is C15H17BrN2. The van der Waals surface area contributed by atoms with Gasteiger partial charge >= 0.3 is 0 Å². The summed E-state index contributed by atoms with van der Waals surface area (Å²) >= 11 is 3.54. The standard InChI is InChI=1S/C15H17BrN2/c1-11-5-6-13(16)9-14(11)15(17-2)8-12-4-3-7-18-10-12/h3-7,9-10,15,17H,8H2,1-2H3. The fourth-order valence-corrected chi connectivity index (χ4v) is 2.49. The molecule has 1 N–H and O–H groups in total. The maximum atomic E-state index is 4.17. The predicted octanol–water partition coefficient (Wildman–Crippen LogP) is 3.66. The van der Waals surface area contributed by atoms with Crippen molar-refractivity contribution < 1.29 is 0 Å². The largest absolute Gasteiger partial charge is 0.313 e. The van der Waals surface area contributed by atoms with E-state index in [2.05, 4.69) is 57.4 Å². The third-order valence-corrected chi connectivity index (χ3v) is 3.62. The van der Waals surface area contributed by atoms with E-state index in [1.807, 2.05) is 25.5 Å². The fraction of sp³-hybridized carbons (Fsp3) is 0.267. The van der Waals surface area contributed by atoms with E-state index < -0.39 is 0 Å². The molecule has 0 radical (unpaired) electrons. The van der Waals surface area contributed by atoms with E-state index in [-0.39, 0.29) is 0 Å². The fourth-order valence-electron chi connectivity index (χ4n) is 2.11. The molecule has 0 fully saturated rings. The quantitative estimate of drug-likeness (QED) is 0.932. The summed E-state index contributed by atoms with van der Waals surface area (Å²) in [5, 5.41) is 3.39. The van der Waals surface area contributed by atoms with Crippen LogP contribution >= 0.6 is 15.9 Å². The van der Waals surface area contributed by atoms with Gasteiger partial charge in [0.05, 0.1) is 0 Å². The van der Waals surface area contributed by atoms with Crippen LogP contribution in [0.2, 0.25) is 0 Å². The second kappa shape index (κ2) is 6.12. The lowest BCUT2D eigenvalue weighted by Crippen LogP contribution is -2.19. The average Bonchev–Trinajstić information content (AvgIpc) is 2.40. The van der Waals surface area contributed by atoms with Crippen molar-refractivity contribution in [2.24, 2.45) is 0 Å². The van der Waals surface area contributed by atoms with Crippen LogP contribution in [0.3, 0.4) is 0 Å². The Labute approximate surface area is 117 Å².